The van der Waals surface area contributed by atoms with Crippen molar-refractivity contribution in [1.29, 1.82) is 0 Å². The van der Waals surface area contributed by atoms with E-state index in [-0.39, 0.29) is 18.5 Å². The van der Waals surface area contributed by atoms with Gasteiger partial charge >= 0.3 is 0 Å². The lowest BCUT2D eigenvalue weighted by atomic mass is 10.1. The molecule has 0 aliphatic heterocycles. The fraction of sp³-hybridized carbons (Fsp3) is 0.455. The van der Waals surface area contributed by atoms with Crippen LogP contribution >= 0.6 is 0 Å². The van der Waals surface area contributed by atoms with Crippen LogP contribution in [-0.4, -0.2) is 17.8 Å². The molecular weight excluding hydrogens is 197 g/mol. The summed E-state index contributed by atoms with van der Waals surface area (Å²) in [7, 11) is 0. The van der Waals surface area contributed by atoms with Gasteiger partial charge in [0.15, 0.2) is 0 Å². The van der Waals surface area contributed by atoms with Gasteiger partial charge in [0.05, 0.1) is 6.10 Å². The van der Waals surface area contributed by atoms with Crippen LogP contribution in [0.3, 0.4) is 0 Å². The Balaban J connectivity index is 2.73. The second-order valence-electron chi connectivity index (χ2n) is 3.63. The van der Waals surface area contributed by atoms with Gasteiger partial charge in [0.1, 0.15) is 18.2 Å². The summed E-state index contributed by atoms with van der Waals surface area (Å²) in [6.07, 6.45) is -0.568. The Labute approximate surface area is 88.7 Å². The molecule has 0 saturated heterocycles. The van der Waals surface area contributed by atoms with E-state index in [0.29, 0.717) is 11.3 Å². The minimum absolute atomic E-state index is 0.150. The molecule has 0 saturated carbocycles. The first-order valence-corrected chi connectivity index (χ1v) is 4.86. The van der Waals surface area contributed by atoms with E-state index in [0.717, 1.165) is 0 Å². The van der Waals surface area contributed by atoms with E-state index in [1.54, 1.807) is 26.0 Å². The van der Waals surface area contributed by atoms with Gasteiger partial charge in [0.25, 0.3) is 0 Å². The molecule has 0 fully saturated rings. The van der Waals surface area contributed by atoms with Gasteiger partial charge in [0, 0.05) is 17.7 Å². The van der Waals surface area contributed by atoms with E-state index in [4.69, 9.17) is 15.6 Å². The van der Waals surface area contributed by atoms with Crippen molar-refractivity contribution < 1.29 is 14.2 Å². The summed E-state index contributed by atoms with van der Waals surface area (Å²) in [5.41, 5.74) is 6.02. The van der Waals surface area contributed by atoms with Crippen LogP contribution in [0, 0.1) is 5.82 Å². The van der Waals surface area contributed by atoms with Gasteiger partial charge in [0.2, 0.25) is 0 Å². The molecule has 0 bridgehead atoms. The number of benzene rings is 1. The Morgan fingerprint density at radius 2 is 2.13 bits per heavy atom. The summed E-state index contributed by atoms with van der Waals surface area (Å²) in [5.74, 6) is 0.0193. The Hall–Kier alpha value is -1.13. The summed E-state index contributed by atoms with van der Waals surface area (Å²) >= 11 is 0. The third-order valence-electron chi connectivity index (χ3n) is 1.95. The van der Waals surface area contributed by atoms with E-state index in [1.807, 2.05) is 0 Å². The molecule has 4 heteroatoms. The summed E-state index contributed by atoms with van der Waals surface area (Å²) in [5, 5.41) is 8.99. The average molecular weight is 213 g/mol. The van der Waals surface area contributed by atoms with Crippen LogP contribution in [0.15, 0.2) is 18.2 Å². The Morgan fingerprint density at radius 1 is 1.47 bits per heavy atom. The van der Waals surface area contributed by atoms with E-state index in [1.165, 1.54) is 6.07 Å². The van der Waals surface area contributed by atoms with Crippen LogP contribution in [0.5, 0.6) is 5.75 Å². The minimum Gasteiger partial charge on any atom is -0.491 e. The molecule has 1 aromatic carbocycles. The lowest BCUT2D eigenvalue weighted by molar-refractivity contribution is 0.122. The predicted octanol–water partition coefficient (Wildman–Crippen LogP) is 1.60. The molecule has 0 aliphatic rings. The smallest absolute Gasteiger partial charge is 0.131 e. The minimum atomic E-state index is -0.568. The number of nitrogens with two attached hydrogens (primary N) is 1. The number of hydrogen-bond acceptors (Lipinski definition) is 3. The molecule has 0 spiro atoms. The summed E-state index contributed by atoms with van der Waals surface area (Å²) in [4.78, 5) is 0. The van der Waals surface area contributed by atoms with Crippen LogP contribution in [-0.2, 0) is 0 Å². The van der Waals surface area contributed by atoms with E-state index in [9.17, 15) is 4.39 Å². The topological polar surface area (TPSA) is 55.5 Å². The second-order valence-corrected chi connectivity index (χ2v) is 3.63. The largest absolute Gasteiger partial charge is 0.491 e. The van der Waals surface area contributed by atoms with Crippen molar-refractivity contribution in [1.82, 2.24) is 0 Å². The first-order valence-electron chi connectivity index (χ1n) is 4.86. The van der Waals surface area contributed by atoms with E-state index < -0.39 is 6.10 Å². The third kappa shape index (κ3) is 3.49. The number of aliphatic hydroxyl groups is 1. The molecule has 1 aromatic rings. The highest BCUT2D eigenvalue weighted by atomic mass is 19.1. The molecule has 0 aliphatic carbocycles. The molecule has 15 heavy (non-hydrogen) atoms. The zero-order valence-electron chi connectivity index (χ0n) is 8.90. The number of ether oxygens (including phenoxy) is 1. The molecular formula is C11H16FNO2. The molecule has 0 amide bonds. The van der Waals surface area contributed by atoms with E-state index in [2.05, 4.69) is 0 Å². The zero-order chi connectivity index (χ0) is 11.4. The molecule has 1 unspecified atom stereocenters. The fourth-order valence-electron chi connectivity index (χ4n) is 1.18. The zero-order valence-corrected chi connectivity index (χ0v) is 8.90. The fourth-order valence-corrected chi connectivity index (χ4v) is 1.18. The normalized spacial score (nSPS) is 14.7. The third-order valence-corrected chi connectivity index (χ3v) is 1.95. The SMILES string of the molecule is CC(O)COc1ccc([C@@H](C)N)c(F)c1. The van der Waals surface area contributed by atoms with Gasteiger partial charge in [-0.05, 0) is 19.9 Å². The van der Waals surface area contributed by atoms with Crippen molar-refractivity contribution in [3.05, 3.63) is 29.6 Å². The maximum absolute atomic E-state index is 13.4. The number of hydrogen-bond donors (Lipinski definition) is 2. The van der Waals surface area contributed by atoms with Gasteiger partial charge in [-0.2, -0.15) is 0 Å². The molecule has 0 aromatic heterocycles. The highest BCUT2D eigenvalue weighted by molar-refractivity contribution is 5.30. The Kier molecular flexibility index (Phi) is 4.05. The quantitative estimate of drug-likeness (QED) is 0.798. The van der Waals surface area contributed by atoms with Gasteiger partial charge < -0.3 is 15.6 Å². The van der Waals surface area contributed by atoms with Crippen LogP contribution in [0.2, 0.25) is 0 Å². The number of halogens is 1. The monoisotopic (exact) mass is 213 g/mol. The average Bonchev–Trinajstić information content (AvgIpc) is 2.14. The molecule has 3 N–H and O–H groups in total. The standard InChI is InChI=1S/C11H16FNO2/c1-7(14)6-15-9-3-4-10(8(2)13)11(12)5-9/h3-5,7-8,14H,6,13H2,1-2H3/t7?,8-/m1/s1. The van der Waals surface area contributed by atoms with Crippen LogP contribution in [0.4, 0.5) is 4.39 Å². The second kappa shape index (κ2) is 5.09. The maximum atomic E-state index is 13.4. The summed E-state index contributed by atoms with van der Waals surface area (Å²) < 4.78 is 18.6. The number of aliphatic hydroxyl groups excluding tert-OH is 1. The summed E-state index contributed by atoms with van der Waals surface area (Å²) in [6, 6.07) is 4.18. The predicted molar refractivity (Wildman–Crippen MR) is 56.2 cm³/mol. The summed E-state index contributed by atoms with van der Waals surface area (Å²) in [6.45, 7) is 3.47. The van der Waals surface area contributed by atoms with Crippen LogP contribution in [0.25, 0.3) is 0 Å². The lowest BCUT2D eigenvalue weighted by Crippen LogP contribution is -2.13. The van der Waals surface area contributed by atoms with Crippen molar-refractivity contribution in [3.63, 3.8) is 0 Å². The van der Waals surface area contributed by atoms with Crippen molar-refractivity contribution >= 4 is 0 Å². The van der Waals surface area contributed by atoms with Gasteiger partial charge in [-0.1, -0.05) is 6.07 Å². The van der Waals surface area contributed by atoms with Crippen molar-refractivity contribution in [3.8, 4) is 5.75 Å². The first-order chi connectivity index (χ1) is 7.00. The van der Waals surface area contributed by atoms with E-state index >= 15 is 0 Å². The Bertz CT molecular complexity index is 326. The van der Waals surface area contributed by atoms with Gasteiger partial charge in [-0.3, -0.25) is 0 Å². The first kappa shape index (κ1) is 11.9. The van der Waals surface area contributed by atoms with Crippen LogP contribution < -0.4 is 10.5 Å². The van der Waals surface area contributed by atoms with Crippen molar-refractivity contribution in [2.24, 2.45) is 5.73 Å². The molecule has 1 rings (SSSR count). The lowest BCUT2D eigenvalue weighted by Gasteiger charge is -2.11. The Morgan fingerprint density at radius 3 is 2.60 bits per heavy atom. The molecule has 3 nitrogen and oxygen atoms in total. The highest BCUT2D eigenvalue weighted by Gasteiger charge is 2.08. The van der Waals surface area contributed by atoms with Crippen LogP contribution in [0.1, 0.15) is 25.5 Å². The van der Waals surface area contributed by atoms with Crippen molar-refractivity contribution in [2.45, 2.75) is 26.0 Å². The number of rotatable bonds is 4. The molecule has 0 heterocycles. The molecule has 84 valence electrons. The molecule has 0 radical (unpaired) electrons. The molecule has 2 atom stereocenters. The highest BCUT2D eigenvalue weighted by Crippen LogP contribution is 2.20. The van der Waals surface area contributed by atoms with Gasteiger partial charge in [-0.15, -0.1) is 0 Å². The van der Waals surface area contributed by atoms with Crippen molar-refractivity contribution in [2.75, 3.05) is 6.61 Å². The maximum Gasteiger partial charge on any atom is 0.131 e. The van der Waals surface area contributed by atoms with Gasteiger partial charge in [-0.25, -0.2) is 4.39 Å².